The third-order valence-electron chi connectivity index (χ3n) is 4.67. The Balaban J connectivity index is 1.83. The second kappa shape index (κ2) is 3.29. The van der Waals surface area contributed by atoms with Crippen molar-refractivity contribution in [2.75, 3.05) is 0 Å². The summed E-state index contributed by atoms with van der Waals surface area (Å²) in [5.74, 6) is 3.02. The quantitative estimate of drug-likeness (QED) is 0.566. The van der Waals surface area contributed by atoms with Crippen LogP contribution in [-0.2, 0) is 0 Å². The second-order valence-corrected chi connectivity index (χ2v) is 6.09. The summed E-state index contributed by atoms with van der Waals surface area (Å²) < 4.78 is 0. The van der Waals surface area contributed by atoms with Crippen LogP contribution in [0.2, 0.25) is 0 Å². The number of rotatable bonds is 1. The molecule has 0 heterocycles. The van der Waals surface area contributed by atoms with E-state index in [4.69, 9.17) is 0 Å². The van der Waals surface area contributed by atoms with Crippen LogP contribution in [0.1, 0.15) is 59.3 Å². The highest BCUT2D eigenvalue weighted by molar-refractivity contribution is 4.96. The topological polar surface area (TPSA) is 0 Å². The van der Waals surface area contributed by atoms with Crippen molar-refractivity contribution in [1.82, 2.24) is 0 Å². The van der Waals surface area contributed by atoms with Crippen molar-refractivity contribution in [2.24, 2.45) is 23.2 Å². The molecule has 13 heavy (non-hydrogen) atoms. The van der Waals surface area contributed by atoms with Gasteiger partial charge in [0.2, 0.25) is 0 Å². The molecule has 76 valence electrons. The summed E-state index contributed by atoms with van der Waals surface area (Å²) in [6.07, 6.45) is 9.19. The second-order valence-electron chi connectivity index (χ2n) is 6.09. The van der Waals surface area contributed by atoms with Crippen LogP contribution in [0.5, 0.6) is 0 Å². The number of hydrogen-bond donors (Lipinski definition) is 0. The summed E-state index contributed by atoms with van der Waals surface area (Å²) >= 11 is 0. The Morgan fingerprint density at radius 3 is 2.08 bits per heavy atom. The Bertz CT molecular complexity index is 164. The van der Waals surface area contributed by atoms with Crippen molar-refractivity contribution < 1.29 is 0 Å². The summed E-state index contributed by atoms with van der Waals surface area (Å²) in [6.45, 7) is 7.21. The SMILES string of the molecule is CC1CCC2(CC1)CC(C(C)C)C2. The van der Waals surface area contributed by atoms with E-state index >= 15 is 0 Å². The van der Waals surface area contributed by atoms with E-state index in [0.717, 1.165) is 23.2 Å². The first kappa shape index (κ1) is 9.55. The van der Waals surface area contributed by atoms with Gasteiger partial charge in [-0.15, -0.1) is 0 Å². The highest BCUT2D eigenvalue weighted by atomic mass is 14.5. The predicted molar refractivity (Wildman–Crippen MR) is 57.6 cm³/mol. The molecule has 2 saturated carbocycles. The van der Waals surface area contributed by atoms with Crippen molar-refractivity contribution in [3.63, 3.8) is 0 Å². The van der Waals surface area contributed by atoms with Gasteiger partial charge in [0.25, 0.3) is 0 Å². The van der Waals surface area contributed by atoms with Crippen molar-refractivity contribution in [3.05, 3.63) is 0 Å². The van der Waals surface area contributed by atoms with Gasteiger partial charge in [-0.2, -0.15) is 0 Å². The van der Waals surface area contributed by atoms with Crippen LogP contribution in [0.3, 0.4) is 0 Å². The zero-order valence-corrected chi connectivity index (χ0v) is 9.47. The molecule has 2 aliphatic rings. The lowest BCUT2D eigenvalue weighted by Crippen LogP contribution is -2.41. The molecule has 2 fully saturated rings. The molecular weight excluding hydrogens is 156 g/mol. The Labute approximate surface area is 83.1 Å². The maximum atomic E-state index is 2.42. The van der Waals surface area contributed by atoms with Gasteiger partial charge in [0.05, 0.1) is 0 Å². The van der Waals surface area contributed by atoms with Crippen LogP contribution in [-0.4, -0.2) is 0 Å². The minimum absolute atomic E-state index is 0.835. The summed E-state index contributed by atoms with van der Waals surface area (Å²) in [4.78, 5) is 0. The van der Waals surface area contributed by atoms with Crippen molar-refractivity contribution in [1.29, 1.82) is 0 Å². The fourth-order valence-corrected chi connectivity index (χ4v) is 3.31. The summed E-state index contributed by atoms with van der Waals surface area (Å²) in [5.41, 5.74) is 0.835. The van der Waals surface area contributed by atoms with Gasteiger partial charge in [-0.3, -0.25) is 0 Å². The molecule has 0 N–H and O–H groups in total. The van der Waals surface area contributed by atoms with Gasteiger partial charge in [-0.05, 0) is 48.9 Å². The third-order valence-corrected chi connectivity index (χ3v) is 4.67. The lowest BCUT2D eigenvalue weighted by atomic mass is 9.52. The van der Waals surface area contributed by atoms with E-state index in [1.807, 2.05) is 0 Å². The maximum Gasteiger partial charge on any atom is -0.0292 e. The van der Waals surface area contributed by atoms with Crippen molar-refractivity contribution in [3.8, 4) is 0 Å². The van der Waals surface area contributed by atoms with Gasteiger partial charge in [-0.25, -0.2) is 0 Å². The van der Waals surface area contributed by atoms with Crippen molar-refractivity contribution >= 4 is 0 Å². The molecule has 0 amide bonds. The Kier molecular flexibility index (Phi) is 2.42. The third kappa shape index (κ3) is 1.78. The molecule has 0 aromatic rings. The lowest BCUT2D eigenvalue weighted by molar-refractivity contribution is -0.0181. The predicted octanol–water partition coefficient (Wildman–Crippen LogP) is 4.25. The van der Waals surface area contributed by atoms with E-state index in [-0.39, 0.29) is 0 Å². The number of hydrogen-bond acceptors (Lipinski definition) is 0. The first-order valence-corrected chi connectivity index (χ1v) is 6.11. The van der Waals surface area contributed by atoms with Crippen LogP contribution < -0.4 is 0 Å². The molecule has 1 spiro atoms. The first-order valence-electron chi connectivity index (χ1n) is 6.11. The summed E-state index contributed by atoms with van der Waals surface area (Å²) in [5, 5.41) is 0. The largest absolute Gasteiger partial charge is 0.0625 e. The van der Waals surface area contributed by atoms with Gasteiger partial charge in [-0.1, -0.05) is 33.6 Å². The Morgan fingerprint density at radius 1 is 1.08 bits per heavy atom. The lowest BCUT2D eigenvalue weighted by Gasteiger charge is -2.53. The molecule has 0 atom stereocenters. The van der Waals surface area contributed by atoms with E-state index in [9.17, 15) is 0 Å². The fraction of sp³-hybridized carbons (Fsp3) is 1.00. The average Bonchev–Trinajstić information content (AvgIpc) is 2.02. The van der Waals surface area contributed by atoms with E-state index in [0.29, 0.717) is 0 Å². The zero-order chi connectivity index (χ0) is 9.47. The van der Waals surface area contributed by atoms with Crippen LogP contribution in [0.4, 0.5) is 0 Å². The smallest absolute Gasteiger partial charge is 0.0292 e. The van der Waals surface area contributed by atoms with Gasteiger partial charge in [0, 0.05) is 0 Å². The van der Waals surface area contributed by atoms with E-state index in [1.165, 1.54) is 25.7 Å². The zero-order valence-electron chi connectivity index (χ0n) is 9.47. The maximum absolute atomic E-state index is 2.42. The molecule has 0 saturated heterocycles. The van der Waals surface area contributed by atoms with Crippen molar-refractivity contribution in [2.45, 2.75) is 59.3 Å². The van der Waals surface area contributed by atoms with E-state index in [2.05, 4.69) is 20.8 Å². The minimum atomic E-state index is 0.835. The average molecular weight is 180 g/mol. The minimum Gasteiger partial charge on any atom is -0.0625 e. The molecule has 0 aliphatic heterocycles. The normalized spacial score (nSPS) is 45.2. The monoisotopic (exact) mass is 180 g/mol. The Morgan fingerprint density at radius 2 is 1.62 bits per heavy atom. The molecule has 0 radical (unpaired) electrons. The molecule has 0 heteroatoms. The van der Waals surface area contributed by atoms with Gasteiger partial charge < -0.3 is 0 Å². The molecule has 0 aromatic heterocycles. The highest BCUT2D eigenvalue weighted by Crippen LogP contribution is 2.57. The van der Waals surface area contributed by atoms with Crippen LogP contribution >= 0.6 is 0 Å². The Hall–Kier alpha value is 0. The molecular formula is C13H24. The van der Waals surface area contributed by atoms with Crippen LogP contribution in [0.15, 0.2) is 0 Å². The van der Waals surface area contributed by atoms with Gasteiger partial charge >= 0.3 is 0 Å². The fourth-order valence-electron chi connectivity index (χ4n) is 3.31. The first-order chi connectivity index (χ1) is 6.11. The van der Waals surface area contributed by atoms with E-state index < -0.39 is 0 Å². The molecule has 0 aromatic carbocycles. The van der Waals surface area contributed by atoms with Crippen LogP contribution in [0.25, 0.3) is 0 Å². The molecule has 0 nitrogen and oxygen atoms in total. The van der Waals surface area contributed by atoms with Gasteiger partial charge in [0.15, 0.2) is 0 Å². The standard InChI is InChI=1S/C13H24/c1-10(2)12-8-13(9-12)6-4-11(3)5-7-13/h10-12H,4-9H2,1-3H3. The van der Waals surface area contributed by atoms with Gasteiger partial charge in [0.1, 0.15) is 0 Å². The molecule has 0 bridgehead atoms. The molecule has 2 aliphatic carbocycles. The van der Waals surface area contributed by atoms with E-state index in [1.54, 1.807) is 12.8 Å². The molecule has 0 unspecified atom stereocenters. The summed E-state index contributed by atoms with van der Waals surface area (Å²) in [7, 11) is 0. The molecule has 2 rings (SSSR count). The van der Waals surface area contributed by atoms with Crippen LogP contribution in [0, 0.1) is 23.2 Å². The highest BCUT2D eigenvalue weighted by Gasteiger charge is 2.45. The summed E-state index contributed by atoms with van der Waals surface area (Å²) in [6, 6.07) is 0.